The van der Waals surface area contributed by atoms with E-state index >= 15 is 0 Å². The Bertz CT molecular complexity index is 318. The average Bonchev–Trinajstić information content (AvgIpc) is 2.32. The molecule has 0 fully saturated rings. The summed E-state index contributed by atoms with van der Waals surface area (Å²) in [7, 11) is 1.99. The van der Waals surface area contributed by atoms with Crippen molar-refractivity contribution in [2.24, 2.45) is 7.05 Å². The van der Waals surface area contributed by atoms with Gasteiger partial charge < -0.3 is 10.3 Å². The monoisotopic (exact) mass is 195 g/mol. The van der Waals surface area contributed by atoms with Gasteiger partial charge in [0.15, 0.2) is 0 Å². The molecule has 2 N–H and O–H groups in total. The predicted octanol–water partition coefficient (Wildman–Crippen LogP) is 2.25. The maximum atomic E-state index is 5.99. The second-order valence-electron chi connectivity index (χ2n) is 4.83. The Hall–Kier alpha value is -0.990. The number of hydrogen-bond donors (Lipinski definition) is 1. The number of hydrogen-bond acceptors (Lipinski definition) is 2. The molecule has 80 valence electrons. The van der Waals surface area contributed by atoms with E-state index in [0.717, 1.165) is 30.2 Å². The molecule has 0 amide bonds. The zero-order chi connectivity index (χ0) is 10.9. The third kappa shape index (κ3) is 1.91. The first-order valence-corrected chi connectivity index (χ1v) is 5.19. The number of imidazole rings is 1. The fourth-order valence-corrected chi connectivity index (χ4v) is 1.66. The van der Waals surface area contributed by atoms with Gasteiger partial charge in [-0.3, -0.25) is 0 Å². The predicted molar refractivity (Wildman–Crippen MR) is 60.3 cm³/mol. The summed E-state index contributed by atoms with van der Waals surface area (Å²) in [6, 6.07) is 0. The molecule has 0 saturated carbocycles. The maximum absolute atomic E-state index is 5.99. The van der Waals surface area contributed by atoms with E-state index in [-0.39, 0.29) is 5.41 Å². The van der Waals surface area contributed by atoms with Gasteiger partial charge in [0.2, 0.25) is 0 Å². The van der Waals surface area contributed by atoms with E-state index in [2.05, 4.69) is 32.7 Å². The van der Waals surface area contributed by atoms with Gasteiger partial charge in [0.05, 0.1) is 5.69 Å². The van der Waals surface area contributed by atoms with Gasteiger partial charge in [-0.1, -0.05) is 34.1 Å². The van der Waals surface area contributed by atoms with Crippen LogP contribution in [0.1, 0.15) is 45.6 Å². The minimum Gasteiger partial charge on any atom is -0.384 e. The Morgan fingerprint density at radius 2 is 1.93 bits per heavy atom. The van der Waals surface area contributed by atoms with Crippen LogP contribution >= 0.6 is 0 Å². The molecule has 1 aromatic heterocycles. The van der Waals surface area contributed by atoms with Gasteiger partial charge in [-0.05, 0) is 6.42 Å². The minimum atomic E-state index is 0.0643. The van der Waals surface area contributed by atoms with Crippen LogP contribution < -0.4 is 5.73 Å². The molecule has 1 rings (SSSR count). The fourth-order valence-electron chi connectivity index (χ4n) is 1.66. The lowest BCUT2D eigenvalue weighted by Crippen LogP contribution is -2.17. The summed E-state index contributed by atoms with van der Waals surface area (Å²) in [5.41, 5.74) is 7.09. The average molecular weight is 195 g/mol. The lowest BCUT2D eigenvalue weighted by molar-refractivity contribution is 0.523. The van der Waals surface area contributed by atoms with Crippen LogP contribution in [0, 0.1) is 0 Å². The molecule has 0 unspecified atom stereocenters. The highest BCUT2D eigenvalue weighted by molar-refractivity contribution is 5.39. The van der Waals surface area contributed by atoms with Crippen LogP contribution in [0.25, 0.3) is 0 Å². The Morgan fingerprint density at radius 3 is 2.29 bits per heavy atom. The third-order valence-corrected chi connectivity index (χ3v) is 2.37. The van der Waals surface area contributed by atoms with Crippen molar-refractivity contribution in [3.63, 3.8) is 0 Å². The van der Waals surface area contributed by atoms with Crippen molar-refractivity contribution >= 4 is 5.82 Å². The highest BCUT2D eigenvalue weighted by Gasteiger charge is 2.22. The number of nitrogens with zero attached hydrogens (tertiary/aromatic N) is 2. The van der Waals surface area contributed by atoms with Crippen molar-refractivity contribution < 1.29 is 0 Å². The molecule has 0 aliphatic carbocycles. The first kappa shape index (κ1) is 11.1. The third-order valence-electron chi connectivity index (χ3n) is 2.37. The summed E-state index contributed by atoms with van der Waals surface area (Å²) in [5, 5.41) is 0. The van der Waals surface area contributed by atoms with Crippen LogP contribution in [0.4, 0.5) is 5.82 Å². The van der Waals surface area contributed by atoms with Gasteiger partial charge in [0.1, 0.15) is 11.6 Å². The van der Waals surface area contributed by atoms with Crippen molar-refractivity contribution in [3.05, 3.63) is 11.5 Å². The van der Waals surface area contributed by atoms with Crippen LogP contribution in [0.15, 0.2) is 0 Å². The smallest absolute Gasteiger partial charge is 0.126 e. The van der Waals surface area contributed by atoms with Crippen molar-refractivity contribution in [2.45, 2.75) is 46.0 Å². The number of nitrogens with two attached hydrogens (primary N) is 1. The molecule has 0 spiro atoms. The number of aromatic nitrogens is 2. The molecule has 0 bridgehead atoms. The normalized spacial score (nSPS) is 12.1. The van der Waals surface area contributed by atoms with Gasteiger partial charge in [-0.2, -0.15) is 0 Å². The summed E-state index contributed by atoms with van der Waals surface area (Å²) >= 11 is 0. The van der Waals surface area contributed by atoms with Crippen molar-refractivity contribution in [1.82, 2.24) is 9.55 Å². The van der Waals surface area contributed by atoms with E-state index < -0.39 is 0 Å². The lowest BCUT2D eigenvalue weighted by atomic mass is 9.96. The second-order valence-corrected chi connectivity index (χ2v) is 4.83. The highest BCUT2D eigenvalue weighted by Crippen LogP contribution is 2.25. The van der Waals surface area contributed by atoms with Crippen LogP contribution in [0.3, 0.4) is 0 Å². The molecule has 0 aromatic carbocycles. The Kier molecular flexibility index (Phi) is 2.88. The summed E-state index contributed by atoms with van der Waals surface area (Å²) in [6.45, 7) is 8.62. The van der Waals surface area contributed by atoms with Crippen molar-refractivity contribution in [3.8, 4) is 0 Å². The molecular weight excluding hydrogens is 174 g/mol. The van der Waals surface area contributed by atoms with E-state index in [1.807, 2.05) is 11.6 Å². The molecule has 1 heterocycles. The topological polar surface area (TPSA) is 43.8 Å². The molecule has 0 atom stereocenters. The molecular formula is C11H21N3. The van der Waals surface area contributed by atoms with E-state index in [4.69, 9.17) is 5.73 Å². The van der Waals surface area contributed by atoms with Crippen LogP contribution in [0.2, 0.25) is 0 Å². The number of aryl methyl sites for hydroxylation is 1. The van der Waals surface area contributed by atoms with Gasteiger partial charge >= 0.3 is 0 Å². The minimum absolute atomic E-state index is 0.0643. The number of anilines is 1. The van der Waals surface area contributed by atoms with Crippen LogP contribution in [0.5, 0.6) is 0 Å². The summed E-state index contributed by atoms with van der Waals surface area (Å²) in [6.07, 6.45) is 2.06. The molecule has 0 aliphatic rings. The van der Waals surface area contributed by atoms with Gasteiger partial charge in [-0.15, -0.1) is 0 Å². The molecule has 3 heteroatoms. The number of rotatable bonds is 2. The summed E-state index contributed by atoms with van der Waals surface area (Å²) in [5.74, 6) is 1.88. The maximum Gasteiger partial charge on any atom is 0.126 e. The first-order chi connectivity index (χ1) is 6.38. The Morgan fingerprint density at radius 1 is 1.36 bits per heavy atom. The lowest BCUT2D eigenvalue weighted by Gasteiger charge is -2.17. The van der Waals surface area contributed by atoms with Crippen molar-refractivity contribution in [2.75, 3.05) is 5.73 Å². The molecule has 0 radical (unpaired) electrons. The fraction of sp³-hybridized carbons (Fsp3) is 0.727. The molecule has 0 saturated heterocycles. The Labute approximate surface area is 86.3 Å². The quantitative estimate of drug-likeness (QED) is 0.786. The zero-order valence-corrected chi connectivity index (χ0v) is 9.89. The standard InChI is InChI=1S/C11H21N3/c1-6-7-8-9(12)14(5)10(13-8)11(2,3)4/h6-7,12H2,1-5H3. The molecule has 0 aliphatic heterocycles. The van der Waals surface area contributed by atoms with E-state index in [1.54, 1.807) is 0 Å². The van der Waals surface area contributed by atoms with Crippen molar-refractivity contribution in [1.29, 1.82) is 0 Å². The zero-order valence-electron chi connectivity index (χ0n) is 9.89. The highest BCUT2D eigenvalue weighted by atomic mass is 15.1. The van der Waals surface area contributed by atoms with E-state index in [0.29, 0.717) is 0 Å². The Balaban J connectivity index is 3.15. The van der Waals surface area contributed by atoms with Gasteiger partial charge in [0, 0.05) is 12.5 Å². The van der Waals surface area contributed by atoms with E-state index in [1.165, 1.54) is 0 Å². The van der Waals surface area contributed by atoms with E-state index in [9.17, 15) is 0 Å². The van der Waals surface area contributed by atoms with Gasteiger partial charge in [-0.25, -0.2) is 4.98 Å². The van der Waals surface area contributed by atoms with Crippen LogP contribution in [-0.2, 0) is 18.9 Å². The largest absolute Gasteiger partial charge is 0.384 e. The molecule has 1 aromatic rings. The molecule has 3 nitrogen and oxygen atoms in total. The summed E-state index contributed by atoms with van der Waals surface area (Å²) < 4.78 is 2.00. The summed E-state index contributed by atoms with van der Waals surface area (Å²) in [4.78, 5) is 4.61. The van der Waals surface area contributed by atoms with Gasteiger partial charge in [0.25, 0.3) is 0 Å². The number of nitrogen functional groups attached to an aromatic ring is 1. The first-order valence-electron chi connectivity index (χ1n) is 5.19. The SMILES string of the molecule is CCCc1nc(C(C)(C)C)n(C)c1N. The van der Waals surface area contributed by atoms with Crippen LogP contribution in [-0.4, -0.2) is 9.55 Å². The molecule has 14 heavy (non-hydrogen) atoms. The second kappa shape index (κ2) is 3.64.